The van der Waals surface area contributed by atoms with E-state index in [2.05, 4.69) is 10.3 Å². The summed E-state index contributed by atoms with van der Waals surface area (Å²) in [6.07, 6.45) is 4.93. The lowest BCUT2D eigenvalue weighted by atomic mass is 9.80. The minimum atomic E-state index is -0.911. The van der Waals surface area contributed by atoms with E-state index in [1.165, 1.54) is 25.3 Å². The maximum Gasteiger partial charge on any atom is 0.336 e. The zero-order valence-corrected chi connectivity index (χ0v) is 17.3. The third kappa shape index (κ3) is 4.47. The Balaban J connectivity index is 2.24. The van der Waals surface area contributed by atoms with E-state index >= 15 is 0 Å². The highest BCUT2D eigenvalue weighted by molar-refractivity contribution is 6.00. The van der Waals surface area contributed by atoms with Gasteiger partial charge in [0.15, 0.2) is 0 Å². The topological polar surface area (TPSA) is 126 Å². The molecule has 2 aromatic rings. The second kappa shape index (κ2) is 9.24. The Hall–Kier alpha value is -3.95. The van der Waals surface area contributed by atoms with Crippen molar-refractivity contribution in [2.24, 2.45) is 0 Å². The zero-order valence-electron chi connectivity index (χ0n) is 17.3. The number of ether oxygens (including phenoxy) is 2. The van der Waals surface area contributed by atoms with Gasteiger partial charge in [0, 0.05) is 35.9 Å². The number of carbonyl (C=O) groups is 2. The fourth-order valence-electron chi connectivity index (χ4n) is 3.57. The molecule has 0 radical (unpaired) electrons. The molecule has 10 nitrogen and oxygen atoms in total. The molecule has 10 heteroatoms. The normalized spacial score (nSPS) is 16.0. The van der Waals surface area contributed by atoms with Gasteiger partial charge in [0.05, 0.1) is 48.6 Å². The molecule has 0 saturated carbocycles. The van der Waals surface area contributed by atoms with E-state index in [1.807, 2.05) is 0 Å². The molecule has 0 amide bonds. The summed E-state index contributed by atoms with van der Waals surface area (Å²) in [4.78, 5) is 40.6. The number of imidazole rings is 1. The van der Waals surface area contributed by atoms with Crippen LogP contribution in [0.4, 0.5) is 5.69 Å². The molecule has 0 saturated heterocycles. The first-order chi connectivity index (χ1) is 14.9. The summed E-state index contributed by atoms with van der Waals surface area (Å²) in [6.45, 7) is 3.74. The van der Waals surface area contributed by atoms with Crippen molar-refractivity contribution < 1.29 is 24.0 Å². The van der Waals surface area contributed by atoms with Crippen LogP contribution in [-0.4, -0.2) is 40.1 Å². The largest absolute Gasteiger partial charge is 0.466 e. The van der Waals surface area contributed by atoms with Crippen LogP contribution in [0.5, 0.6) is 0 Å². The summed E-state index contributed by atoms with van der Waals surface area (Å²) in [5.74, 6) is -2.19. The van der Waals surface area contributed by atoms with Crippen molar-refractivity contribution in [3.8, 4) is 0 Å². The second-order valence-electron chi connectivity index (χ2n) is 6.79. The van der Waals surface area contributed by atoms with Crippen LogP contribution in [0.15, 0.2) is 65.5 Å². The number of methoxy groups -OCH3 is 1. The number of dihydropyridines is 1. The van der Waals surface area contributed by atoms with E-state index in [0.29, 0.717) is 17.0 Å². The zero-order chi connectivity index (χ0) is 22.5. The molecule has 1 aromatic heterocycles. The number of carbonyl (C=O) groups excluding carboxylic acids is 2. The summed E-state index contributed by atoms with van der Waals surface area (Å²) in [7, 11) is 1.24. The summed E-state index contributed by atoms with van der Waals surface area (Å²) in [5.41, 5.74) is 1.59. The van der Waals surface area contributed by atoms with Gasteiger partial charge in [0.1, 0.15) is 0 Å². The molecule has 1 unspecified atom stereocenters. The lowest BCUT2D eigenvalue weighted by molar-refractivity contribution is -0.384. The summed E-state index contributed by atoms with van der Waals surface area (Å²) < 4.78 is 12.0. The molecular formula is C21H22N4O6. The first-order valence-corrected chi connectivity index (χ1v) is 9.53. The lowest BCUT2D eigenvalue weighted by Crippen LogP contribution is -2.34. The fraction of sp³-hybridized carbons (Fsp3) is 0.286. The minimum absolute atomic E-state index is 0.124. The van der Waals surface area contributed by atoms with Gasteiger partial charge in [-0.1, -0.05) is 12.1 Å². The number of nitrogens with one attached hydrogen (secondary N) is 1. The molecule has 0 spiro atoms. The molecule has 162 valence electrons. The van der Waals surface area contributed by atoms with Gasteiger partial charge in [-0.2, -0.15) is 0 Å². The number of nitro groups is 1. The molecule has 1 N–H and O–H groups in total. The summed E-state index contributed by atoms with van der Waals surface area (Å²) in [6, 6.07) is 5.84. The molecule has 1 aliphatic rings. The molecule has 1 aromatic carbocycles. The number of benzene rings is 1. The predicted molar refractivity (Wildman–Crippen MR) is 110 cm³/mol. The number of aromatic nitrogens is 2. The third-order valence-electron chi connectivity index (χ3n) is 4.86. The molecule has 0 aliphatic carbocycles. The Morgan fingerprint density at radius 2 is 2.06 bits per heavy atom. The maximum absolute atomic E-state index is 13.0. The standard InChI is InChI=1S/C21H22N4O6/c1-4-31-21(27)19-16(11-24-9-8-22-12-24)23-13(2)17(20(26)30-3)18(19)14-6-5-7-15(10-14)25(28)29/h5-10,12,18,23H,4,11H2,1-3H3. The number of hydrogen-bond acceptors (Lipinski definition) is 8. The van der Waals surface area contributed by atoms with Crippen molar-refractivity contribution in [1.82, 2.24) is 14.9 Å². The number of nitro benzene ring substituents is 1. The Morgan fingerprint density at radius 1 is 1.29 bits per heavy atom. The molecule has 2 heterocycles. The molecule has 1 aliphatic heterocycles. The SMILES string of the molecule is CCOC(=O)C1=C(Cn2ccnc2)NC(C)=C(C(=O)OC)C1c1cccc([N+](=O)[O-])c1. The molecule has 0 fully saturated rings. The average molecular weight is 426 g/mol. The van der Waals surface area contributed by atoms with Gasteiger partial charge in [-0.3, -0.25) is 10.1 Å². The van der Waals surface area contributed by atoms with Crippen LogP contribution in [0.3, 0.4) is 0 Å². The molecular weight excluding hydrogens is 404 g/mol. The van der Waals surface area contributed by atoms with Crippen LogP contribution in [0.2, 0.25) is 0 Å². The van der Waals surface area contributed by atoms with E-state index in [0.717, 1.165) is 0 Å². The molecule has 0 bridgehead atoms. The summed E-state index contributed by atoms with van der Waals surface area (Å²) in [5, 5.41) is 14.5. The van der Waals surface area contributed by atoms with E-state index in [4.69, 9.17) is 9.47 Å². The Kier molecular flexibility index (Phi) is 6.49. The highest BCUT2D eigenvalue weighted by Crippen LogP contribution is 2.40. The Labute approximate surface area is 178 Å². The van der Waals surface area contributed by atoms with Crippen molar-refractivity contribution in [2.75, 3.05) is 13.7 Å². The van der Waals surface area contributed by atoms with Crippen molar-refractivity contribution in [3.63, 3.8) is 0 Å². The van der Waals surface area contributed by atoms with Crippen LogP contribution in [0, 0.1) is 10.1 Å². The minimum Gasteiger partial charge on any atom is -0.466 e. The number of allylic oxidation sites excluding steroid dienone is 2. The Bertz CT molecular complexity index is 1070. The van der Waals surface area contributed by atoms with E-state index in [9.17, 15) is 19.7 Å². The second-order valence-corrected chi connectivity index (χ2v) is 6.79. The van der Waals surface area contributed by atoms with Crippen molar-refractivity contribution in [2.45, 2.75) is 26.3 Å². The monoisotopic (exact) mass is 426 g/mol. The number of non-ortho nitro benzene ring substituents is 1. The van der Waals surface area contributed by atoms with Crippen LogP contribution in [0.1, 0.15) is 25.3 Å². The maximum atomic E-state index is 13.0. The Morgan fingerprint density at radius 3 is 2.68 bits per heavy atom. The smallest absolute Gasteiger partial charge is 0.336 e. The van der Waals surface area contributed by atoms with Crippen LogP contribution in [0.25, 0.3) is 0 Å². The van der Waals surface area contributed by atoms with Gasteiger partial charge in [-0.15, -0.1) is 0 Å². The van der Waals surface area contributed by atoms with E-state index < -0.39 is 22.8 Å². The number of nitrogens with zero attached hydrogens (tertiary/aromatic N) is 3. The van der Waals surface area contributed by atoms with Gasteiger partial charge in [0.25, 0.3) is 5.69 Å². The third-order valence-corrected chi connectivity index (χ3v) is 4.86. The van der Waals surface area contributed by atoms with Crippen molar-refractivity contribution in [1.29, 1.82) is 0 Å². The average Bonchev–Trinajstić information content (AvgIpc) is 3.26. The number of rotatable bonds is 7. The molecule has 3 rings (SSSR count). The van der Waals surface area contributed by atoms with Gasteiger partial charge >= 0.3 is 11.9 Å². The van der Waals surface area contributed by atoms with Crippen LogP contribution < -0.4 is 5.32 Å². The van der Waals surface area contributed by atoms with Gasteiger partial charge in [-0.25, -0.2) is 14.6 Å². The first-order valence-electron chi connectivity index (χ1n) is 9.53. The van der Waals surface area contributed by atoms with Gasteiger partial charge in [0.2, 0.25) is 0 Å². The highest BCUT2D eigenvalue weighted by Gasteiger charge is 2.39. The van der Waals surface area contributed by atoms with Crippen molar-refractivity contribution >= 4 is 17.6 Å². The predicted octanol–water partition coefficient (Wildman–Crippen LogP) is 2.44. The number of hydrogen-bond donors (Lipinski definition) is 1. The first kappa shape index (κ1) is 21.8. The van der Waals surface area contributed by atoms with E-state index in [1.54, 1.807) is 43.2 Å². The quantitative estimate of drug-likeness (QED) is 0.406. The fourth-order valence-corrected chi connectivity index (χ4v) is 3.57. The molecule has 31 heavy (non-hydrogen) atoms. The number of esters is 2. The van der Waals surface area contributed by atoms with Gasteiger partial charge < -0.3 is 19.4 Å². The highest BCUT2D eigenvalue weighted by atomic mass is 16.6. The van der Waals surface area contributed by atoms with Crippen molar-refractivity contribution in [3.05, 3.63) is 81.2 Å². The lowest BCUT2D eigenvalue weighted by Gasteiger charge is -2.31. The summed E-state index contributed by atoms with van der Waals surface area (Å²) >= 11 is 0. The van der Waals surface area contributed by atoms with Crippen LogP contribution in [-0.2, 0) is 25.6 Å². The molecule has 1 atom stereocenters. The van der Waals surface area contributed by atoms with Crippen LogP contribution >= 0.6 is 0 Å². The van der Waals surface area contributed by atoms with E-state index in [-0.39, 0.29) is 30.0 Å². The van der Waals surface area contributed by atoms with Gasteiger partial charge in [-0.05, 0) is 19.4 Å².